The molecule has 1 atom stereocenters. The molecule has 0 saturated heterocycles. The van der Waals surface area contributed by atoms with Crippen molar-refractivity contribution in [3.05, 3.63) is 53.9 Å². The zero-order chi connectivity index (χ0) is 17.0. The Bertz CT molecular complexity index is 696. The molecule has 2 aromatic rings. The number of nitrogens with one attached hydrogen (secondary N) is 2. The SMILES string of the molecule is C[C@H](OC(=O)c1ccc[nH]1)C(=O)Nc1ccccc1C(F)(F)F. The van der Waals surface area contributed by atoms with E-state index in [0.29, 0.717) is 0 Å². The van der Waals surface area contributed by atoms with E-state index < -0.39 is 35.4 Å². The van der Waals surface area contributed by atoms with Gasteiger partial charge in [0.05, 0.1) is 11.3 Å². The van der Waals surface area contributed by atoms with Crippen molar-refractivity contribution in [2.45, 2.75) is 19.2 Å². The minimum Gasteiger partial charge on any atom is -0.448 e. The maximum atomic E-state index is 12.9. The lowest BCUT2D eigenvalue weighted by molar-refractivity contribution is -0.137. The van der Waals surface area contributed by atoms with E-state index in [1.54, 1.807) is 6.07 Å². The molecule has 23 heavy (non-hydrogen) atoms. The van der Waals surface area contributed by atoms with Crippen LogP contribution in [0.15, 0.2) is 42.6 Å². The van der Waals surface area contributed by atoms with Gasteiger partial charge >= 0.3 is 12.1 Å². The number of carbonyl (C=O) groups is 2. The molecule has 5 nitrogen and oxygen atoms in total. The molecule has 0 aliphatic carbocycles. The molecule has 1 aromatic heterocycles. The molecule has 0 bridgehead atoms. The summed E-state index contributed by atoms with van der Waals surface area (Å²) >= 11 is 0. The Balaban J connectivity index is 2.06. The Hall–Kier alpha value is -2.77. The van der Waals surface area contributed by atoms with Gasteiger partial charge in [0.25, 0.3) is 5.91 Å². The number of H-pyrrole nitrogens is 1. The van der Waals surface area contributed by atoms with E-state index >= 15 is 0 Å². The average Bonchev–Trinajstić information content (AvgIpc) is 3.00. The summed E-state index contributed by atoms with van der Waals surface area (Å²) in [5.41, 5.74) is -1.23. The summed E-state index contributed by atoms with van der Waals surface area (Å²) in [6.45, 7) is 1.27. The molecule has 1 aromatic carbocycles. The highest BCUT2D eigenvalue weighted by Crippen LogP contribution is 2.34. The Morgan fingerprint density at radius 3 is 2.48 bits per heavy atom. The van der Waals surface area contributed by atoms with E-state index in [1.165, 1.54) is 31.3 Å². The molecular formula is C15H13F3N2O3. The molecule has 0 aliphatic rings. The molecule has 0 radical (unpaired) electrons. The van der Waals surface area contributed by atoms with Crippen molar-refractivity contribution in [2.75, 3.05) is 5.32 Å². The molecule has 0 unspecified atom stereocenters. The van der Waals surface area contributed by atoms with Crippen LogP contribution < -0.4 is 5.32 Å². The van der Waals surface area contributed by atoms with Crippen LogP contribution >= 0.6 is 0 Å². The summed E-state index contributed by atoms with van der Waals surface area (Å²) < 4.78 is 43.5. The Morgan fingerprint density at radius 1 is 1.17 bits per heavy atom. The first kappa shape index (κ1) is 16.6. The van der Waals surface area contributed by atoms with E-state index in [9.17, 15) is 22.8 Å². The minimum absolute atomic E-state index is 0.139. The fourth-order valence-corrected chi connectivity index (χ4v) is 1.81. The molecule has 2 N–H and O–H groups in total. The van der Waals surface area contributed by atoms with Gasteiger partial charge in [-0.3, -0.25) is 4.79 Å². The maximum absolute atomic E-state index is 12.9. The minimum atomic E-state index is -4.60. The van der Waals surface area contributed by atoms with E-state index in [0.717, 1.165) is 12.1 Å². The lowest BCUT2D eigenvalue weighted by Crippen LogP contribution is -2.30. The predicted octanol–water partition coefficient (Wildman–Crippen LogP) is 3.22. The third-order valence-electron chi connectivity index (χ3n) is 2.96. The molecule has 0 aliphatic heterocycles. The number of hydrogen-bond acceptors (Lipinski definition) is 3. The predicted molar refractivity (Wildman–Crippen MR) is 75.7 cm³/mol. The molecule has 0 saturated carbocycles. The standard InChI is InChI=1S/C15H13F3N2O3/c1-9(23-14(22)12-7-4-8-19-12)13(21)20-11-6-3-2-5-10(11)15(16,17)18/h2-9,19H,1H3,(H,20,21)/t9-/m0/s1. The van der Waals surface area contributed by atoms with Gasteiger partial charge in [0.2, 0.25) is 0 Å². The van der Waals surface area contributed by atoms with Crippen LogP contribution in [0.5, 0.6) is 0 Å². The van der Waals surface area contributed by atoms with Crippen molar-refractivity contribution < 1.29 is 27.5 Å². The number of anilines is 1. The van der Waals surface area contributed by atoms with Crippen LogP contribution in [0.1, 0.15) is 23.0 Å². The zero-order valence-corrected chi connectivity index (χ0v) is 12.0. The highest BCUT2D eigenvalue weighted by Gasteiger charge is 2.34. The van der Waals surface area contributed by atoms with Crippen LogP contribution in [0, 0.1) is 0 Å². The summed E-state index contributed by atoms with van der Waals surface area (Å²) in [5.74, 6) is -1.64. The number of carbonyl (C=O) groups excluding carboxylic acids is 2. The number of esters is 1. The van der Waals surface area contributed by atoms with Gasteiger partial charge in [-0.2, -0.15) is 13.2 Å². The Labute approximate surface area is 129 Å². The number of halogens is 3. The molecule has 8 heteroatoms. The fourth-order valence-electron chi connectivity index (χ4n) is 1.81. The quantitative estimate of drug-likeness (QED) is 0.848. The zero-order valence-electron chi connectivity index (χ0n) is 12.0. The van der Waals surface area contributed by atoms with Gasteiger partial charge in [-0.25, -0.2) is 4.79 Å². The number of benzene rings is 1. The van der Waals surface area contributed by atoms with Gasteiger partial charge in [0, 0.05) is 6.20 Å². The van der Waals surface area contributed by atoms with Gasteiger partial charge in [-0.05, 0) is 31.2 Å². The molecule has 1 heterocycles. The van der Waals surface area contributed by atoms with Gasteiger partial charge < -0.3 is 15.0 Å². The summed E-state index contributed by atoms with van der Waals surface area (Å²) in [4.78, 5) is 26.2. The molecule has 2 rings (SSSR count). The van der Waals surface area contributed by atoms with E-state index in [4.69, 9.17) is 4.74 Å². The third kappa shape index (κ3) is 4.12. The summed E-state index contributed by atoms with van der Waals surface area (Å²) in [6, 6.07) is 7.58. The second-order valence-corrected chi connectivity index (χ2v) is 4.66. The largest absolute Gasteiger partial charge is 0.448 e. The highest BCUT2D eigenvalue weighted by atomic mass is 19.4. The van der Waals surface area contributed by atoms with Gasteiger partial charge in [-0.1, -0.05) is 12.1 Å². The van der Waals surface area contributed by atoms with Crippen LogP contribution in [0.4, 0.5) is 18.9 Å². The third-order valence-corrected chi connectivity index (χ3v) is 2.96. The van der Waals surface area contributed by atoms with E-state index in [-0.39, 0.29) is 5.69 Å². The lowest BCUT2D eigenvalue weighted by atomic mass is 10.1. The van der Waals surface area contributed by atoms with E-state index in [1.807, 2.05) is 0 Å². The molecule has 1 amide bonds. The highest BCUT2D eigenvalue weighted by molar-refractivity contribution is 5.97. The second-order valence-electron chi connectivity index (χ2n) is 4.66. The number of aromatic amines is 1. The topological polar surface area (TPSA) is 71.2 Å². The molecule has 0 fully saturated rings. The van der Waals surface area contributed by atoms with Crippen molar-refractivity contribution in [3.63, 3.8) is 0 Å². The summed E-state index contributed by atoms with van der Waals surface area (Å²) in [7, 11) is 0. The number of rotatable bonds is 4. The summed E-state index contributed by atoms with van der Waals surface area (Å²) in [6.07, 6.45) is -4.36. The number of amides is 1. The van der Waals surface area contributed by atoms with Crippen LogP contribution in [0.2, 0.25) is 0 Å². The molecule has 0 spiro atoms. The van der Waals surface area contributed by atoms with Gasteiger partial charge in [0.1, 0.15) is 5.69 Å². The Kier molecular flexibility index (Phi) is 4.73. The van der Waals surface area contributed by atoms with Crippen molar-refractivity contribution in [1.29, 1.82) is 0 Å². The smallest absolute Gasteiger partial charge is 0.418 e. The van der Waals surface area contributed by atoms with Crippen molar-refractivity contribution in [2.24, 2.45) is 0 Å². The number of hydrogen-bond donors (Lipinski definition) is 2. The van der Waals surface area contributed by atoms with Crippen LogP contribution in [0.25, 0.3) is 0 Å². The van der Waals surface area contributed by atoms with Gasteiger partial charge in [-0.15, -0.1) is 0 Å². The van der Waals surface area contributed by atoms with Gasteiger partial charge in [0.15, 0.2) is 6.10 Å². The first-order valence-corrected chi connectivity index (χ1v) is 6.60. The van der Waals surface area contributed by atoms with Crippen molar-refractivity contribution >= 4 is 17.6 Å². The number of para-hydroxylation sites is 1. The normalized spacial score (nSPS) is 12.5. The number of ether oxygens (including phenoxy) is 1. The average molecular weight is 326 g/mol. The van der Waals surface area contributed by atoms with E-state index in [2.05, 4.69) is 10.3 Å². The molecular weight excluding hydrogens is 313 g/mol. The van der Waals surface area contributed by atoms with Crippen LogP contribution in [-0.4, -0.2) is 23.0 Å². The lowest BCUT2D eigenvalue weighted by Gasteiger charge is -2.16. The maximum Gasteiger partial charge on any atom is 0.418 e. The number of alkyl halides is 3. The first-order chi connectivity index (χ1) is 10.8. The van der Waals surface area contributed by atoms with Crippen LogP contribution in [0.3, 0.4) is 0 Å². The summed E-state index contributed by atoms with van der Waals surface area (Å²) in [5, 5.41) is 2.12. The second kappa shape index (κ2) is 6.55. The number of aromatic nitrogens is 1. The molecule has 122 valence electrons. The van der Waals surface area contributed by atoms with Crippen LogP contribution in [-0.2, 0) is 15.7 Å². The Morgan fingerprint density at radius 2 is 1.87 bits per heavy atom. The fraction of sp³-hybridized carbons (Fsp3) is 0.200. The van der Waals surface area contributed by atoms with Crippen molar-refractivity contribution in [3.8, 4) is 0 Å². The first-order valence-electron chi connectivity index (χ1n) is 6.60. The monoisotopic (exact) mass is 326 g/mol. The van der Waals surface area contributed by atoms with Crippen molar-refractivity contribution in [1.82, 2.24) is 4.98 Å².